The highest BCUT2D eigenvalue weighted by Gasteiger charge is 2.31. The van der Waals surface area contributed by atoms with Gasteiger partial charge in [0.15, 0.2) is 0 Å². The summed E-state index contributed by atoms with van der Waals surface area (Å²) in [6.45, 7) is 2.82. The molecule has 0 unspecified atom stereocenters. The Morgan fingerprint density at radius 1 is 1.29 bits per heavy atom. The Hall–Kier alpha value is -1.84. The van der Waals surface area contributed by atoms with Crippen LogP contribution in [-0.4, -0.2) is 35.0 Å². The zero-order valence-electron chi connectivity index (χ0n) is 9.72. The maximum atomic E-state index is 12.1. The van der Waals surface area contributed by atoms with Gasteiger partial charge in [-0.2, -0.15) is 0 Å². The number of nitrogens with zero attached hydrogens (tertiary/aromatic N) is 1. The molecular weight excluding hydrogens is 218 g/mol. The summed E-state index contributed by atoms with van der Waals surface area (Å²) in [5.41, 5.74) is 1.73. The number of aliphatic carboxylic acids is 1. The third-order valence-corrected chi connectivity index (χ3v) is 3.12. The maximum Gasteiger partial charge on any atom is 0.308 e. The molecule has 1 aromatic rings. The molecule has 0 aromatic heterocycles. The molecule has 17 heavy (non-hydrogen) atoms. The van der Waals surface area contributed by atoms with Crippen molar-refractivity contribution >= 4 is 11.9 Å². The molecule has 1 aromatic carbocycles. The van der Waals surface area contributed by atoms with Crippen molar-refractivity contribution in [1.82, 2.24) is 4.90 Å². The number of hydrogen-bond acceptors (Lipinski definition) is 2. The second-order valence-corrected chi connectivity index (χ2v) is 4.44. The molecule has 1 aliphatic heterocycles. The van der Waals surface area contributed by atoms with E-state index >= 15 is 0 Å². The van der Waals surface area contributed by atoms with E-state index < -0.39 is 11.9 Å². The van der Waals surface area contributed by atoms with Crippen LogP contribution in [0.15, 0.2) is 24.3 Å². The number of carboxylic acid groups (broad SMARTS) is 1. The van der Waals surface area contributed by atoms with Crippen molar-refractivity contribution < 1.29 is 14.7 Å². The standard InChI is InChI=1S/C13H15NO3/c1-9-2-4-10(5-3-9)12(15)14-7-6-11(8-14)13(16)17/h2-5,11H,6-8H2,1H3,(H,16,17)/t11-/m1/s1. The van der Waals surface area contributed by atoms with Gasteiger partial charge in [0.2, 0.25) is 0 Å². The topological polar surface area (TPSA) is 57.6 Å². The molecule has 1 amide bonds. The lowest BCUT2D eigenvalue weighted by Gasteiger charge is -2.15. The summed E-state index contributed by atoms with van der Waals surface area (Å²) in [6.07, 6.45) is 0.549. The zero-order valence-corrected chi connectivity index (χ0v) is 9.72. The molecular formula is C13H15NO3. The summed E-state index contributed by atoms with van der Waals surface area (Å²) >= 11 is 0. The van der Waals surface area contributed by atoms with Crippen LogP contribution in [0.5, 0.6) is 0 Å². The zero-order chi connectivity index (χ0) is 12.4. The van der Waals surface area contributed by atoms with Crippen LogP contribution >= 0.6 is 0 Å². The van der Waals surface area contributed by atoms with E-state index in [2.05, 4.69) is 0 Å². The average Bonchev–Trinajstić information content (AvgIpc) is 2.78. The van der Waals surface area contributed by atoms with Crippen LogP contribution in [0.25, 0.3) is 0 Å². The lowest BCUT2D eigenvalue weighted by atomic mass is 10.1. The minimum atomic E-state index is -0.816. The third-order valence-electron chi connectivity index (χ3n) is 3.12. The number of carbonyl (C=O) groups excluding carboxylic acids is 1. The number of benzene rings is 1. The highest BCUT2D eigenvalue weighted by Crippen LogP contribution is 2.19. The number of carboxylic acids is 1. The first-order valence-corrected chi connectivity index (χ1v) is 5.66. The van der Waals surface area contributed by atoms with E-state index in [1.165, 1.54) is 0 Å². The minimum Gasteiger partial charge on any atom is -0.481 e. The van der Waals surface area contributed by atoms with E-state index in [1.807, 2.05) is 19.1 Å². The molecule has 4 heteroatoms. The van der Waals surface area contributed by atoms with Crippen LogP contribution in [0.1, 0.15) is 22.3 Å². The van der Waals surface area contributed by atoms with Crippen molar-refractivity contribution in [2.24, 2.45) is 5.92 Å². The number of aryl methyl sites for hydroxylation is 1. The molecule has 1 N–H and O–H groups in total. The summed E-state index contributed by atoms with van der Waals surface area (Å²) in [5, 5.41) is 8.88. The molecule has 1 atom stereocenters. The highest BCUT2D eigenvalue weighted by molar-refractivity contribution is 5.94. The van der Waals surface area contributed by atoms with Crippen LogP contribution in [0, 0.1) is 12.8 Å². The van der Waals surface area contributed by atoms with Crippen LogP contribution in [-0.2, 0) is 4.79 Å². The molecule has 0 bridgehead atoms. The molecule has 0 spiro atoms. The molecule has 90 valence electrons. The number of likely N-dealkylation sites (tertiary alicyclic amines) is 1. The fraction of sp³-hybridized carbons (Fsp3) is 0.385. The Bertz CT molecular complexity index is 438. The van der Waals surface area contributed by atoms with Gasteiger partial charge < -0.3 is 10.0 Å². The van der Waals surface area contributed by atoms with Crippen molar-refractivity contribution in [2.75, 3.05) is 13.1 Å². The van der Waals surface area contributed by atoms with E-state index in [9.17, 15) is 9.59 Å². The van der Waals surface area contributed by atoms with Crippen LogP contribution in [0.4, 0.5) is 0 Å². The third kappa shape index (κ3) is 2.46. The molecule has 1 saturated heterocycles. The normalized spacial score (nSPS) is 19.4. The molecule has 2 rings (SSSR count). The second kappa shape index (κ2) is 4.57. The van der Waals surface area contributed by atoms with Crippen LogP contribution < -0.4 is 0 Å². The Morgan fingerprint density at radius 2 is 1.94 bits per heavy atom. The molecule has 4 nitrogen and oxygen atoms in total. The summed E-state index contributed by atoms with van der Waals surface area (Å²) in [6, 6.07) is 7.34. The van der Waals surface area contributed by atoms with E-state index in [1.54, 1.807) is 17.0 Å². The lowest BCUT2D eigenvalue weighted by Crippen LogP contribution is -2.29. The predicted molar refractivity (Wildman–Crippen MR) is 62.8 cm³/mol. The van der Waals surface area contributed by atoms with Crippen molar-refractivity contribution in [3.8, 4) is 0 Å². The Morgan fingerprint density at radius 3 is 2.47 bits per heavy atom. The summed E-state index contributed by atoms with van der Waals surface area (Å²) in [5.74, 6) is -1.30. The van der Waals surface area contributed by atoms with Crippen molar-refractivity contribution in [2.45, 2.75) is 13.3 Å². The van der Waals surface area contributed by atoms with Gasteiger partial charge in [0.25, 0.3) is 5.91 Å². The number of hydrogen-bond donors (Lipinski definition) is 1. The molecule has 0 aliphatic carbocycles. The van der Waals surface area contributed by atoms with Gasteiger partial charge in [-0.15, -0.1) is 0 Å². The minimum absolute atomic E-state index is 0.0752. The maximum absolute atomic E-state index is 12.1. The van der Waals surface area contributed by atoms with Crippen LogP contribution in [0.3, 0.4) is 0 Å². The Balaban J connectivity index is 2.07. The Labute approximate surface area is 99.9 Å². The van der Waals surface area contributed by atoms with Crippen molar-refractivity contribution in [3.05, 3.63) is 35.4 Å². The smallest absolute Gasteiger partial charge is 0.308 e. The fourth-order valence-electron chi connectivity index (χ4n) is 2.03. The number of amides is 1. The molecule has 0 saturated carbocycles. The summed E-state index contributed by atoms with van der Waals surface area (Å²) in [4.78, 5) is 24.5. The highest BCUT2D eigenvalue weighted by atomic mass is 16.4. The van der Waals surface area contributed by atoms with E-state index in [-0.39, 0.29) is 5.91 Å². The summed E-state index contributed by atoms with van der Waals surface area (Å²) in [7, 11) is 0. The fourth-order valence-corrected chi connectivity index (χ4v) is 2.03. The Kier molecular flexibility index (Phi) is 3.13. The number of rotatable bonds is 2. The van der Waals surface area contributed by atoms with Crippen molar-refractivity contribution in [3.63, 3.8) is 0 Å². The van der Waals surface area contributed by atoms with Crippen LogP contribution in [0.2, 0.25) is 0 Å². The van der Waals surface area contributed by atoms with Gasteiger partial charge in [-0.05, 0) is 25.5 Å². The molecule has 1 fully saturated rings. The first-order chi connectivity index (χ1) is 8.08. The number of carbonyl (C=O) groups is 2. The van der Waals surface area contributed by atoms with Gasteiger partial charge in [0, 0.05) is 18.7 Å². The predicted octanol–water partition coefficient (Wildman–Crippen LogP) is 1.54. The first-order valence-electron chi connectivity index (χ1n) is 5.66. The van der Waals surface area contributed by atoms with Gasteiger partial charge in [-0.25, -0.2) is 0 Å². The van der Waals surface area contributed by atoms with Gasteiger partial charge in [0.05, 0.1) is 5.92 Å². The molecule has 1 heterocycles. The second-order valence-electron chi connectivity index (χ2n) is 4.44. The quantitative estimate of drug-likeness (QED) is 0.843. The first kappa shape index (κ1) is 11.6. The summed E-state index contributed by atoms with van der Waals surface area (Å²) < 4.78 is 0. The lowest BCUT2D eigenvalue weighted by molar-refractivity contribution is -0.141. The molecule has 0 radical (unpaired) electrons. The monoisotopic (exact) mass is 233 g/mol. The van der Waals surface area contributed by atoms with E-state index in [4.69, 9.17) is 5.11 Å². The largest absolute Gasteiger partial charge is 0.481 e. The van der Waals surface area contributed by atoms with E-state index in [0.717, 1.165) is 5.56 Å². The van der Waals surface area contributed by atoms with E-state index in [0.29, 0.717) is 25.1 Å². The molecule has 1 aliphatic rings. The van der Waals surface area contributed by atoms with Gasteiger partial charge in [0.1, 0.15) is 0 Å². The SMILES string of the molecule is Cc1ccc(C(=O)N2CC[C@@H](C(=O)O)C2)cc1. The average molecular weight is 233 g/mol. The van der Waals surface area contributed by atoms with Gasteiger partial charge in [-0.3, -0.25) is 9.59 Å². The van der Waals surface area contributed by atoms with Crippen molar-refractivity contribution in [1.29, 1.82) is 0 Å². The van der Waals surface area contributed by atoms with Gasteiger partial charge in [-0.1, -0.05) is 17.7 Å². The van der Waals surface area contributed by atoms with Gasteiger partial charge >= 0.3 is 5.97 Å².